The SMILES string of the molecule is O=C[C@@H]1CN(Cc2ccccc2)CC2(CCCC2)O1. The van der Waals surface area contributed by atoms with E-state index in [0.29, 0.717) is 0 Å². The third kappa shape index (κ3) is 2.88. The first kappa shape index (κ1) is 12.8. The lowest BCUT2D eigenvalue weighted by Gasteiger charge is -2.43. The van der Waals surface area contributed by atoms with Crippen LogP contribution in [0.2, 0.25) is 0 Å². The number of morpholine rings is 1. The van der Waals surface area contributed by atoms with Crippen molar-refractivity contribution in [3.63, 3.8) is 0 Å². The predicted octanol–water partition coefficient (Wildman–Crippen LogP) is 2.40. The summed E-state index contributed by atoms with van der Waals surface area (Å²) in [4.78, 5) is 13.5. The fraction of sp³-hybridized carbons (Fsp3) is 0.562. The van der Waals surface area contributed by atoms with Crippen LogP contribution in [-0.2, 0) is 16.1 Å². The molecule has 1 atom stereocenters. The molecule has 19 heavy (non-hydrogen) atoms. The third-order valence-electron chi connectivity index (χ3n) is 4.27. The van der Waals surface area contributed by atoms with Crippen LogP contribution in [-0.4, -0.2) is 36.0 Å². The zero-order valence-electron chi connectivity index (χ0n) is 11.3. The molecule has 0 unspecified atom stereocenters. The van der Waals surface area contributed by atoms with Crippen LogP contribution in [0, 0.1) is 0 Å². The molecule has 3 nitrogen and oxygen atoms in total. The van der Waals surface area contributed by atoms with Crippen molar-refractivity contribution in [1.82, 2.24) is 4.90 Å². The Hall–Kier alpha value is -1.19. The summed E-state index contributed by atoms with van der Waals surface area (Å²) in [6, 6.07) is 10.5. The summed E-state index contributed by atoms with van der Waals surface area (Å²) in [7, 11) is 0. The Balaban J connectivity index is 1.72. The van der Waals surface area contributed by atoms with Gasteiger partial charge < -0.3 is 9.53 Å². The molecule has 0 bridgehead atoms. The maximum Gasteiger partial charge on any atom is 0.150 e. The van der Waals surface area contributed by atoms with Crippen molar-refractivity contribution in [3.8, 4) is 0 Å². The van der Waals surface area contributed by atoms with E-state index in [1.165, 1.54) is 18.4 Å². The number of hydrogen-bond acceptors (Lipinski definition) is 3. The van der Waals surface area contributed by atoms with Crippen LogP contribution in [0.5, 0.6) is 0 Å². The second kappa shape index (κ2) is 5.43. The summed E-state index contributed by atoms with van der Waals surface area (Å²) in [6.07, 6.45) is 5.37. The highest BCUT2D eigenvalue weighted by atomic mass is 16.5. The maximum absolute atomic E-state index is 11.1. The Morgan fingerprint density at radius 3 is 2.68 bits per heavy atom. The van der Waals surface area contributed by atoms with Crippen LogP contribution in [0.15, 0.2) is 30.3 Å². The van der Waals surface area contributed by atoms with Crippen LogP contribution >= 0.6 is 0 Å². The number of nitrogens with zero attached hydrogens (tertiary/aromatic N) is 1. The quantitative estimate of drug-likeness (QED) is 0.781. The molecule has 1 aromatic rings. The monoisotopic (exact) mass is 259 g/mol. The van der Waals surface area contributed by atoms with Crippen LogP contribution in [0.25, 0.3) is 0 Å². The largest absolute Gasteiger partial charge is 0.362 e. The Morgan fingerprint density at radius 2 is 2.00 bits per heavy atom. The summed E-state index contributed by atoms with van der Waals surface area (Å²) in [5.74, 6) is 0. The topological polar surface area (TPSA) is 29.5 Å². The summed E-state index contributed by atoms with van der Waals surface area (Å²) in [6.45, 7) is 2.60. The Labute approximate surface area is 114 Å². The minimum atomic E-state index is -0.254. The zero-order valence-corrected chi connectivity index (χ0v) is 11.3. The molecule has 1 aliphatic heterocycles. The lowest BCUT2D eigenvalue weighted by Crippen LogP contribution is -2.54. The first-order valence-corrected chi connectivity index (χ1v) is 7.19. The maximum atomic E-state index is 11.1. The molecule has 1 saturated carbocycles. The standard InChI is InChI=1S/C16H21NO2/c18-12-15-11-17(10-14-6-2-1-3-7-14)13-16(19-15)8-4-5-9-16/h1-3,6-7,12,15H,4-5,8-11,13H2/t15-/m0/s1. The van der Waals surface area contributed by atoms with E-state index in [-0.39, 0.29) is 11.7 Å². The smallest absolute Gasteiger partial charge is 0.150 e. The second-order valence-corrected chi connectivity index (χ2v) is 5.84. The molecule has 1 spiro atoms. The highest BCUT2D eigenvalue weighted by Crippen LogP contribution is 2.37. The number of benzene rings is 1. The van der Waals surface area contributed by atoms with Gasteiger partial charge in [0.1, 0.15) is 12.4 Å². The van der Waals surface area contributed by atoms with Crippen molar-refractivity contribution in [3.05, 3.63) is 35.9 Å². The molecular formula is C16H21NO2. The fourth-order valence-corrected chi connectivity index (χ4v) is 3.45. The Kier molecular flexibility index (Phi) is 3.67. The van der Waals surface area contributed by atoms with Crippen LogP contribution in [0.4, 0.5) is 0 Å². The molecule has 2 aliphatic rings. The first-order chi connectivity index (χ1) is 9.30. The number of ether oxygens (including phenoxy) is 1. The lowest BCUT2D eigenvalue weighted by atomic mass is 9.98. The van der Waals surface area contributed by atoms with Crippen molar-refractivity contribution in [2.45, 2.75) is 43.9 Å². The fourth-order valence-electron chi connectivity index (χ4n) is 3.45. The highest BCUT2D eigenvalue weighted by molar-refractivity contribution is 5.56. The van der Waals surface area contributed by atoms with E-state index >= 15 is 0 Å². The predicted molar refractivity (Wildman–Crippen MR) is 73.9 cm³/mol. The van der Waals surface area contributed by atoms with Crippen LogP contribution < -0.4 is 0 Å². The van der Waals surface area contributed by atoms with Gasteiger partial charge >= 0.3 is 0 Å². The van der Waals surface area contributed by atoms with Gasteiger partial charge in [-0.25, -0.2) is 0 Å². The minimum absolute atomic E-state index is 0.0569. The molecule has 102 valence electrons. The molecule has 3 heteroatoms. The molecule has 0 amide bonds. The molecule has 1 aromatic carbocycles. The van der Waals surface area contributed by atoms with Gasteiger partial charge in [0.2, 0.25) is 0 Å². The second-order valence-electron chi connectivity index (χ2n) is 5.84. The van der Waals surface area contributed by atoms with Gasteiger partial charge in [-0.2, -0.15) is 0 Å². The van der Waals surface area contributed by atoms with Crippen molar-refractivity contribution in [1.29, 1.82) is 0 Å². The molecule has 2 fully saturated rings. The van der Waals surface area contributed by atoms with Gasteiger partial charge in [0.15, 0.2) is 0 Å². The number of carbonyl (C=O) groups is 1. The van der Waals surface area contributed by atoms with Crippen LogP contribution in [0.3, 0.4) is 0 Å². The van der Waals surface area contributed by atoms with E-state index in [1.54, 1.807) is 0 Å². The van der Waals surface area contributed by atoms with Gasteiger partial charge in [0.05, 0.1) is 5.60 Å². The first-order valence-electron chi connectivity index (χ1n) is 7.19. The van der Waals surface area contributed by atoms with E-state index in [4.69, 9.17) is 4.74 Å². The van der Waals surface area contributed by atoms with Gasteiger partial charge in [-0.15, -0.1) is 0 Å². The molecule has 3 rings (SSSR count). The number of rotatable bonds is 3. The Morgan fingerprint density at radius 1 is 1.26 bits per heavy atom. The molecule has 1 heterocycles. The molecule has 0 radical (unpaired) electrons. The minimum Gasteiger partial charge on any atom is -0.362 e. The van der Waals surface area contributed by atoms with E-state index < -0.39 is 0 Å². The normalized spacial score (nSPS) is 26.6. The number of hydrogen-bond donors (Lipinski definition) is 0. The number of carbonyl (C=O) groups excluding carboxylic acids is 1. The van der Waals surface area contributed by atoms with Gasteiger partial charge in [-0.3, -0.25) is 4.90 Å². The highest BCUT2D eigenvalue weighted by Gasteiger charge is 2.42. The average molecular weight is 259 g/mol. The van der Waals surface area contributed by atoms with Crippen molar-refractivity contribution < 1.29 is 9.53 Å². The molecule has 0 aromatic heterocycles. The summed E-state index contributed by atoms with van der Waals surface area (Å²) in [5.41, 5.74) is 1.25. The molecule has 1 aliphatic carbocycles. The van der Waals surface area contributed by atoms with Gasteiger partial charge in [0.25, 0.3) is 0 Å². The van der Waals surface area contributed by atoms with Crippen molar-refractivity contribution >= 4 is 6.29 Å². The van der Waals surface area contributed by atoms with E-state index in [2.05, 4.69) is 29.2 Å². The van der Waals surface area contributed by atoms with Gasteiger partial charge in [-0.05, 0) is 18.4 Å². The van der Waals surface area contributed by atoms with E-state index in [1.807, 2.05) is 6.07 Å². The summed E-state index contributed by atoms with van der Waals surface area (Å²) in [5, 5.41) is 0. The van der Waals surface area contributed by atoms with Crippen molar-refractivity contribution in [2.75, 3.05) is 13.1 Å². The van der Waals surface area contributed by atoms with E-state index in [9.17, 15) is 4.79 Å². The zero-order chi connectivity index (χ0) is 13.1. The van der Waals surface area contributed by atoms with E-state index in [0.717, 1.165) is 38.8 Å². The number of aldehydes is 1. The average Bonchev–Trinajstić information content (AvgIpc) is 2.87. The molecule has 1 saturated heterocycles. The van der Waals surface area contributed by atoms with Crippen molar-refractivity contribution in [2.24, 2.45) is 0 Å². The summed E-state index contributed by atoms with van der Waals surface area (Å²) < 4.78 is 6.04. The summed E-state index contributed by atoms with van der Waals surface area (Å²) >= 11 is 0. The van der Waals surface area contributed by atoms with Gasteiger partial charge in [0, 0.05) is 19.6 Å². The molecular weight excluding hydrogens is 238 g/mol. The third-order valence-corrected chi connectivity index (χ3v) is 4.27. The van der Waals surface area contributed by atoms with Gasteiger partial charge in [-0.1, -0.05) is 43.2 Å². The Bertz CT molecular complexity index is 426. The lowest BCUT2D eigenvalue weighted by molar-refractivity contribution is -0.160. The molecule has 0 N–H and O–H groups in total. The van der Waals surface area contributed by atoms with Crippen LogP contribution in [0.1, 0.15) is 31.2 Å².